The van der Waals surface area contributed by atoms with Gasteiger partial charge in [0, 0.05) is 12.7 Å². The predicted molar refractivity (Wildman–Crippen MR) is 85.9 cm³/mol. The molecule has 0 spiro atoms. The van der Waals surface area contributed by atoms with Crippen molar-refractivity contribution in [3.8, 4) is 0 Å². The van der Waals surface area contributed by atoms with Gasteiger partial charge in [0.25, 0.3) is 0 Å². The van der Waals surface area contributed by atoms with E-state index in [1.165, 1.54) is 29.9 Å². The van der Waals surface area contributed by atoms with Crippen LogP contribution >= 0.6 is 27.3 Å². The largest absolute Gasteiger partial charge is 0.334 e. The Balaban J connectivity index is 1.77. The number of aryl methyl sites for hydroxylation is 1. The van der Waals surface area contributed by atoms with Gasteiger partial charge in [-0.15, -0.1) is 11.3 Å². The first kappa shape index (κ1) is 15.2. The minimum absolute atomic E-state index is 0.224. The van der Waals surface area contributed by atoms with Crippen molar-refractivity contribution in [3.05, 3.63) is 33.1 Å². The second kappa shape index (κ2) is 5.83. The zero-order chi connectivity index (χ0) is 15.0. The Morgan fingerprint density at radius 3 is 2.81 bits per heavy atom. The fourth-order valence-electron chi connectivity index (χ4n) is 2.57. The Bertz CT molecular complexity index is 764. The van der Waals surface area contributed by atoms with Crippen molar-refractivity contribution in [1.29, 1.82) is 0 Å². The number of nitrogens with zero attached hydrogens (tertiary/aromatic N) is 2. The van der Waals surface area contributed by atoms with Crippen LogP contribution in [0, 0.1) is 0 Å². The third-order valence-electron chi connectivity index (χ3n) is 3.70. The molecule has 1 N–H and O–H groups in total. The Morgan fingerprint density at radius 1 is 1.38 bits per heavy atom. The Labute approximate surface area is 136 Å². The van der Waals surface area contributed by atoms with E-state index in [0.29, 0.717) is 4.21 Å². The van der Waals surface area contributed by atoms with Gasteiger partial charge in [0.2, 0.25) is 10.0 Å². The van der Waals surface area contributed by atoms with Crippen LogP contribution in [-0.2, 0) is 36.5 Å². The normalized spacial score (nSPS) is 15.1. The van der Waals surface area contributed by atoms with E-state index in [4.69, 9.17) is 0 Å². The van der Waals surface area contributed by atoms with Gasteiger partial charge >= 0.3 is 0 Å². The van der Waals surface area contributed by atoms with Gasteiger partial charge in [-0.3, -0.25) is 0 Å². The third-order valence-corrected chi connectivity index (χ3v) is 7.22. The summed E-state index contributed by atoms with van der Waals surface area (Å²) in [6.07, 6.45) is 4.37. The molecular formula is C13H16BrN3O2S2. The SMILES string of the molecule is Cn1c(CNS(=O)(=O)c2ccc(Br)s2)nc2c1CCCC2. The summed E-state index contributed by atoms with van der Waals surface area (Å²) < 4.78 is 30.2. The number of sulfonamides is 1. The standard InChI is InChI=1S/C13H16BrN3O2S2/c1-17-10-5-3-2-4-9(10)16-12(17)8-15-21(18,19)13-7-6-11(14)20-13/h6-7,15H,2-5,8H2,1H3. The summed E-state index contributed by atoms with van der Waals surface area (Å²) in [5.41, 5.74) is 2.37. The summed E-state index contributed by atoms with van der Waals surface area (Å²) in [5.74, 6) is 0.779. The van der Waals surface area contributed by atoms with Gasteiger partial charge in [-0.05, 0) is 53.7 Å². The van der Waals surface area contributed by atoms with Gasteiger partial charge in [-0.2, -0.15) is 0 Å². The van der Waals surface area contributed by atoms with E-state index in [0.717, 1.165) is 28.1 Å². The van der Waals surface area contributed by atoms with Gasteiger partial charge < -0.3 is 4.57 Å². The van der Waals surface area contributed by atoms with E-state index in [9.17, 15) is 8.42 Å². The number of aromatic nitrogens is 2. The highest BCUT2D eigenvalue weighted by atomic mass is 79.9. The van der Waals surface area contributed by atoms with Crippen LogP contribution in [0.25, 0.3) is 0 Å². The topological polar surface area (TPSA) is 64.0 Å². The summed E-state index contributed by atoms with van der Waals surface area (Å²) in [4.78, 5) is 4.58. The van der Waals surface area contributed by atoms with Crippen molar-refractivity contribution >= 4 is 37.3 Å². The van der Waals surface area contributed by atoms with E-state index in [1.54, 1.807) is 12.1 Å². The molecule has 21 heavy (non-hydrogen) atoms. The van der Waals surface area contributed by atoms with Crippen molar-refractivity contribution in [2.75, 3.05) is 0 Å². The molecule has 0 atom stereocenters. The fourth-order valence-corrected chi connectivity index (χ4v) is 5.61. The van der Waals surface area contributed by atoms with Crippen LogP contribution in [0.4, 0.5) is 0 Å². The van der Waals surface area contributed by atoms with E-state index in [2.05, 4.69) is 25.6 Å². The molecule has 0 unspecified atom stereocenters. The zero-order valence-corrected chi connectivity index (χ0v) is 14.8. The summed E-state index contributed by atoms with van der Waals surface area (Å²) in [5, 5.41) is 0. The number of halogens is 1. The minimum Gasteiger partial charge on any atom is -0.334 e. The number of imidazole rings is 1. The van der Waals surface area contributed by atoms with Crippen LogP contribution in [0.15, 0.2) is 20.1 Å². The maximum absolute atomic E-state index is 12.2. The number of thiophene rings is 1. The van der Waals surface area contributed by atoms with Gasteiger partial charge in [-0.25, -0.2) is 18.1 Å². The Kier molecular flexibility index (Phi) is 4.22. The molecule has 1 aliphatic carbocycles. The van der Waals surface area contributed by atoms with Gasteiger partial charge in [0.15, 0.2) is 0 Å². The number of hydrogen-bond donors (Lipinski definition) is 1. The lowest BCUT2D eigenvalue weighted by molar-refractivity contribution is 0.578. The first-order valence-corrected chi connectivity index (χ1v) is 9.85. The average Bonchev–Trinajstić information content (AvgIpc) is 3.02. The maximum Gasteiger partial charge on any atom is 0.250 e. The summed E-state index contributed by atoms with van der Waals surface area (Å²) in [6.45, 7) is 0.224. The summed E-state index contributed by atoms with van der Waals surface area (Å²) in [7, 11) is -1.51. The number of hydrogen-bond acceptors (Lipinski definition) is 4. The highest BCUT2D eigenvalue weighted by Crippen LogP contribution is 2.26. The van der Waals surface area contributed by atoms with Crippen LogP contribution in [-0.4, -0.2) is 18.0 Å². The van der Waals surface area contributed by atoms with Crippen LogP contribution in [0.1, 0.15) is 30.1 Å². The second-order valence-electron chi connectivity index (χ2n) is 5.07. The van der Waals surface area contributed by atoms with E-state index < -0.39 is 10.0 Å². The van der Waals surface area contributed by atoms with Gasteiger partial charge in [0.1, 0.15) is 10.0 Å². The molecular weight excluding hydrogens is 374 g/mol. The Morgan fingerprint density at radius 2 is 2.14 bits per heavy atom. The minimum atomic E-state index is -3.47. The highest BCUT2D eigenvalue weighted by Gasteiger charge is 2.20. The van der Waals surface area contributed by atoms with Crippen LogP contribution in [0.5, 0.6) is 0 Å². The van der Waals surface area contributed by atoms with Crippen molar-refractivity contribution in [1.82, 2.24) is 14.3 Å². The molecule has 0 aromatic carbocycles. The molecule has 1 aliphatic rings. The maximum atomic E-state index is 12.2. The van der Waals surface area contributed by atoms with Crippen LogP contribution < -0.4 is 4.72 Å². The first-order chi connectivity index (χ1) is 9.97. The molecule has 3 rings (SSSR count). The molecule has 0 aliphatic heterocycles. The lowest BCUT2D eigenvalue weighted by atomic mass is 10.0. The van der Waals surface area contributed by atoms with Crippen molar-refractivity contribution in [2.24, 2.45) is 7.05 Å². The molecule has 0 saturated heterocycles. The predicted octanol–water partition coefficient (Wildman–Crippen LogP) is 2.60. The quantitative estimate of drug-likeness (QED) is 0.873. The smallest absolute Gasteiger partial charge is 0.250 e. The number of rotatable bonds is 4. The van der Waals surface area contributed by atoms with Crippen molar-refractivity contribution in [2.45, 2.75) is 36.4 Å². The third kappa shape index (κ3) is 3.08. The molecule has 0 saturated carbocycles. The molecule has 5 nitrogen and oxygen atoms in total. The van der Waals surface area contributed by atoms with Crippen molar-refractivity contribution < 1.29 is 8.42 Å². The first-order valence-electron chi connectivity index (χ1n) is 6.76. The van der Waals surface area contributed by atoms with E-state index in [-0.39, 0.29) is 6.54 Å². The molecule has 2 aromatic heterocycles. The van der Waals surface area contributed by atoms with E-state index in [1.807, 2.05) is 11.6 Å². The van der Waals surface area contributed by atoms with Crippen LogP contribution in [0.3, 0.4) is 0 Å². The molecule has 8 heteroatoms. The number of fused-ring (bicyclic) bond motifs is 1. The van der Waals surface area contributed by atoms with Gasteiger partial charge in [-0.1, -0.05) is 0 Å². The zero-order valence-electron chi connectivity index (χ0n) is 11.6. The monoisotopic (exact) mass is 389 g/mol. The molecule has 2 heterocycles. The Hall–Kier alpha value is -0.700. The molecule has 0 fully saturated rings. The number of nitrogens with one attached hydrogen (secondary N) is 1. The molecule has 0 bridgehead atoms. The summed E-state index contributed by atoms with van der Waals surface area (Å²) in [6, 6.07) is 3.33. The second-order valence-corrected chi connectivity index (χ2v) is 9.53. The van der Waals surface area contributed by atoms with Crippen LogP contribution in [0.2, 0.25) is 0 Å². The molecule has 0 radical (unpaired) electrons. The lowest BCUT2D eigenvalue weighted by Gasteiger charge is -2.11. The molecule has 2 aromatic rings. The highest BCUT2D eigenvalue weighted by molar-refractivity contribution is 9.11. The fraction of sp³-hybridized carbons (Fsp3) is 0.462. The lowest BCUT2D eigenvalue weighted by Crippen LogP contribution is -2.24. The molecule has 114 valence electrons. The average molecular weight is 390 g/mol. The van der Waals surface area contributed by atoms with E-state index >= 15 is 0 Å². The van der Waals surface area contributed by atoms with Gasteiger partial charge in [0.05, 0.1) is 16.0 Å². The molecule has 0 amide bonds. The summed E-state index contributed by atoms with van der Waals surface area (Å²) >= 11 is 4.48. The van der Waals surface area contributed by atoms with Crippen molar-refractivity contribution in [3.63, 3.8) is 0 Å².